The van der Waals surface area contributed by atoms with Crippen LogP contribution in [0.5, 0.6) is 0 Å². The van der Waals surface area contributed by atoms with Crippen molar-refractivity contribution < 1.29 is 154 Å². The molecule has 38 heteroatoms. The summed E-state index contributed by atoms with van der Waals surface area (Å²) >= 11 is 0. The number of nitrogens with zero attached hydrogens (tertiary/aromatic N) is 3. The fraction of sp³-hybridized carbons (Fsp3) is 0.169. The Bertz CT molecular complexity index is 4240. The minimum atomic E-state index is -5.54. The second kappa shape index (κ2) is 30.4. The standard InChI is InChI=1S/2C12H6F6.C10H3F9.C9H3F3N2.C8H3F7.C8H3F4N/c1-3-4(2)8(14)6-5(7(3)13)9(15)11(17)12(18)10(6)16;1-3-4(2)7(13)9(15)6-5(3)8(14)11(17)12(18)10(6)16;1-2-4(11)6(13)3(7(14)5(2)12)10(18,19)8(15)9(16)17;1-4-7(10)5(2-13)6(3-14)9(12)8(4)11;1-2-4(9)6(11)3(8(13,14)15)7(12)5(2)10;1-3-5(9)7(11)4(2-13)8(12)6(3)10/h2*1-2H3;1H3;1H3;1H3;1H3. The molecule has 0 saturated heterocycles. The lowest BCUT2D eigenvalue weighted by Gasteiger charge is -2.17. The van der Waals surface area contributed by atoms with Gasteiger partial charge in [0.1, 0.15) is 63.5 Å². The van der Waals surface area contributed by atoms with Gasteiger partial charge >= 0.3 is 18.2 Å². The molecule has 97 heavy (non-hydrogen) atoms. The molecule has 0 fully saturated rings. The van der Waals surface area contributed by atoms with Crippen molar-refractivity contribution in [2.75, 3.05) is 0 Å². The summed E-state index contributed by atoms with van der Waals surface area (Å²) in [6.45, 7) is 7.61. The molecule has 0 radical (unpaired) electrons. The highest BCUT2D eigenvalue weighted by atomic mass is 19.4. The SMILES string of the molecule is Cc1c(C)c(F)c2c(F)c(F)c(F)c(F)c2c1F.Cc1c(F)c(F)c(C#N)c(C#N)c1F.Cc1c(F)c(F)c(C#N)c(F)c1F.Cc1c(F)c(F)c(C(F)(F)C(F)=C(F)F)c(F)c1F.Cc1c(F)c(F)c(C(F)(F)F)c(F)c1F.Cc1c(F)c(F)c2c(F)c(F)c(F)c(F)c2c1C. The number of hydrogen-bond acceptors (Lipinski definition) is 3. The van der Waals surface area contributed by atoms with E-state index in [1.165, 1.54) is 19.1 Å². The van der Waals surface area contributed by atoms with E-state index in [2.05, 4.69) is 0 Å². The molecule has 0 N–H and O–H groups in total. The van der Waals surface area contributed by atoms with Crippen molar-refractivity contribution in [1.29, 1.82) is 15.8 Å². The summed E-state index contributed by atoms with van der Waals surface area (Å²) in [4.78, 5) is 0. The second-order valence-corrected chi connectivity index (χ2v) is 18.8. The van der Waals surface area contributed by atoms with Gasteiger partial charge in [0.2, 0.25) is 5.83 Å². The number of rotatable bonds is 2. The smallest absolute Gasteiger partial charge is 0.206 e. The number of aryl methyl sites for hydroxylation is 1. The summed E-state index contributed by atoms with van der Waals surface area (Å²) < 4.78 is 451. The van der Waals surface area contributed by atoms with Gasteiger partial charge in [0.05, 0.1) is 16.2 Å². The number of fused-ring (bicyclic) bond motifs is 2. The minimum Gasteiger partial charge on any atom is -0.206 e. The first-order valence-electron chi connectivity index (χ1n) is 24.5. The molecule has 0 unspecified atom stereocenters. The molecule has 0 spiro atoms. The van der Waals surface area contributed by atoms with Crippen LogP contribution in [0.2, 0.25) is 0 Å². The minimum absolute atomic E-state index is 0.181. The summed E-state index contributed by atoms with van der Waals surface area (Å²) in [5.74, 6) is -60.0. The average molecular weight is 1440 g/mol. The quantitative estimate of drug-likeness (QED) is 0.0984. The third kappa shape index (κ3) is 14.9. The first-order chi connectivity index (χ1) is 44.3. The zero-order valence-electron chi connectivity index (χ0n) is 48.1. The summed E-state index contributed by atoms with van der Waals surface area (Å²) in [6.07, 6.45) is -9.05. The van der Waals surface area contributed by atoms with E-state index in [4.69, 9.17) is 15.8 Å². The van der Waals surface area contributed by atoms with Crippen molar-refractivity contribution in [2.45, 2.75) is 67.5 Å². The summed E-state index contributed by atoms with van der Waals surface area (Å²) in [5.41, 5.74) is -13.0. The van der Waals surface area contributed by atoms with E-state index in [1.807, 2.05) is 0 Å². The Labute approximate surface area is 517 Å². The highest BCUT2D eigenvalue weighted by Gasteiger charge is 2.48. The Kier molecular flexibility index (Phi) is 25.5. The Morgan fingerprint density at radius 3 is 0.732 bits per heavy atom. The first-order valence-corrected chi connectivity index (χ1v) is 24.5. The van der Waals surface area contributed by atoms with E-state index in [1.54, 1.807) is 0 Å². The summed E-state index contributed by atoms with van der Waals surface area (Å²) in [6, 6.07) is 3.61. The van der Waals surface area contributed by atoms with Crippen LogP contribution in [0.25, 0.3) is 21.5 Å². The van der Waals surface area contributed by atoms with E-state index in [-0.39, 0.29) is 22.3 Å². The Morgan fingerprint density at radius 1 is 0.227 bits per heavy atom. The van der Waals surface area contributed by atoms with E-state index in [0.717, 1.165) is 40.7 Å². The van der Waals surface area contributed by atoms with Crippen LogP contribution >= 0.6 is 0 Å². The topological polar surface area (TPSA) is 71.4 Å². The molecule has 8 aromatic rings. The monoisotopic (exact) mass is 1440 g/mol. The van der Waals surface area contributed by atoms with Crippen molar-refractivity contribution in [3.05, 3.63) is 241 Å². The molecule has 520 valence electrons. The average Bonchev–Trinajstić information content (AvgIpc) is 0.756. The Balaban J connectivity index is 0.000000305. The van der Waals surface area contributed by atoms with Crippen molar-refractivity contribution in [3.8, 4) is 18.2 Å². The van der Waals surface area contributed by atoms with E-state index in [0.29, 0.717) is 13.8 Å². The molecule has 0 bridgehead atoms. The Hall–Kier alpha value is -9.96. The molecule has 0 amide bonds. The maximum atomic E-state index is 13.7. The van der Waals surface area contributed by atoms with Crippen LogP contribution in [0, 0.1) is 246 Å². The van der Waals surface area contributed by atoms with Gasteiger partial charge in [-0.25, -0.2) is 119 Å². The number of hydrogen-bond donors (Lipinski definition) is 0. The van der Waals surface area contributed by atoms with E-state index < -0.39 is 253 Å². The van der Waals surface area contributed by atoms with Crippen molar-refractivity contribution in [1.82, 2.24) is 0 Å². The number of halogens is 35. The molecular formula is C59H24F35N3. The van der Waals surface area contributed by atoms with Crippen molar-refractivity contribution >= 4 is 21.5 Å². The molecule has 8 rings (SSSR count). The van der Waals surface area contributed by atoms with Gasteiger partial charge in [-0.05, 0) is 77.6 Å². The maximum Gasteiger partial charge on any atom is 0.422 e. The molecule has 0 aromatic heterocycles. The van der Waals surface area contributed by atoms with Crippen LogP contribution in [0.3, 0.4) is 0 Å². The Morgan fingerprint density at radius 2 is 0.443 bits per heavy atom. The van der Waals surface area contributed by atoms with Gasteiger partial charge in [-0.15, -0.1) is 0 Å². The highest BCUT2D eigenvalue weighted by Crippen LogP contribution is 2.44. The zero-order valence-corrected chi connectivity index (χ0v) is 48.1. The molecule has 0 aliphatic rings. The van der Waals surface area contributed by atoms with Gasteiger partial charge in [-0.1, -0.05) is 0 Å². The van der Waals surface area contributed by atoms with Crippen molar-refractivity contribution in [2.24, 2.45) is 0 Å². The van der Waals surface area contributed by atoms with Crippen LogP contribution < -0.4 is 0 Å². The van der Waals surface area contributed by atoms with Crippen LogP contribution in [0.4, 0.5) is 154 Å². The molecule has 0 aliphatic carbocycles. The highest BCUT2D eigenvalue weighted by molar-refractivity contribution is 5.89. The fourth-order valence-electron chi connectivity index (χ4n) is 7.63. The van der Waals surface area contributed by atoms with Gasteiger partial charge in [0.15, 0.2) is 140 Å². The molecule has 0 aliphatic heterocycles. The van der Waals surface area contributed by atoms with E-state index >= 15 is 0 Å². The number of alkyl halides is 5. The number of allylic oxidation sites excluding steroid dienone is 1. The zero-order chi connectivity index (χ0) is 75.7. The largest absolute Gasteiger partial charge is 0.422 e. The predicted octanol–water partition coefficient (Wildman–Crippen LogP) is 21.5. The lowest BCUT2D eigenvalue weighted by atomic mass is 9.98. The third-order valence-electron chi connectivity index (χ3n) is 13.2. The lowest BCUT2D eigenvalue weighted by Crippen LogP contribution is -2.22. The van der Waals surface area contributed by atoms with Crippen LogP contribution in [0.1, 0.15) is 72.3 Å². The molecular weight excluding hydrogens is 1420 g/mol. The third-order valence-corrected chi connectivity index (χ3v) is 13.2. The summed E-state index contributed by atoms with van der Waals surface area (Å²) in [5, 5.41) is 20.6. The molecule has 0 saturated carbocycles. The van der Waals surface area contributed by atoms with Crippen LogP contribution in [-0.2, 0) is 12.1 Å². The lowest BCUT2D eigenvalue weighted by molar-refractivity contribution is -0.143. The van der Waals surface area contributed by atoms with Gasteiger partial charge in [0.25, 0.3) is 0 Å². The van der Waals surface area contributed by atoms with Crippen LogP contribution in [-0.4, -0.2) is 0 Å². The van der Waals surface area contributed by atoms with Gasteiger partial charge in [0, 0.05) is 27.6 Å². The van der Waals surface area contributed by atoms with Crippen LogP contribution in [0.15, 0.2) is 11.9 Å². The molecule has 0 atom stereocenters. The summed E-state index contributed by atoms with van der Waals surface area (Å²) in [7, 11) is 0. The van der Waals surface area contributed by atoms with Gasteiger partial charge < -0.3 is 0 Å². The van der Waals surface area contributed by atoms with Gasteiger partial charge in [-0.2, -0.15) is 50.9 Å². The van der Waals surface area contributed by atoms with Crippen molar-refractivity contribution in [3.63, 3.8) is 0 Å². The normalized spacial score (nSPS) is 11.0. The predicted molar refractivity (Wildman–Crippen MR) is 264 cm³/mol. The molecule has 0 heterocycles. The fourth-order valence-corrected chi connectivity index (χ4v) is 7.63. The molecule has 3 nitrogen and oxygen atoms in total. The number of benzene rings is 8. The second-order valence-electron chi connectivity index (χ2n) is 18.8. The van der Waals surface area contributed by atoms with Gasteiger partial charge in [-0.3, -0.25) is 0 Å². The molecule has 8 aromatic carbocycles. The maximum absolute atomic E-state index is 13.7. The number of nitriles is 3. The van der Waals surface area contributed by atoms with E-state index in [9.17, 15) is 154 Å². The first kappa shape index (κ1) is 81.3.